The molecule has 0 saturated carbocycles. The fourth-order valence-corrected chi connectivity index (χ4v) is 6.65. The van der Waals surface area contributed by atoms with Crippen molar-refractivity contribution in [2.24, 2.45) is 11.1 Å². The van der Waals surface area contributed by atoms with Gasteiger partial charge in [-0.05, 0) is 44.4 Å². The Bertz CT molecular complexity index is 1270. The number of nitrogens with two attached hydrogens (primary N) is 1. The summed E-state index contributed by atoms with van der Waals surface area (Å²) < 4.78 is 5.85. The third-order valence-corrected chi connectivity index (χ3v) is 9.29. The molecule has 6 rings (SSSR count). The number of pyridine rings is 2. The molecule has 9 nitrogen and oxygen atoms in total. The minimum Gasteiger partial charge on any atom is -0.391 e. The van der Waals surface area contributed by atoms with Crippen molar-refractivity contribution in [3.05, 3.63) is 35.6 Å². The van der Waals surface area contributed by atoms with Crippen LogP contribution in [0.2, 0.25) is 5.02 Å². The molecule has 3 atom stereocenters. The maximum atomic E-state index is 9.87. The lowest BCUT2D eigenvalue weighted by molar-refractivity contribution is 0.0974. The number of hydrogen-bond acceptors (Lipinski definition) is 10. The number of hydrogen-bond donors (Lipinski definition) is 2. The first-order valence-electron chi connectivity index (χ1n) is 12.4. The minimum absolute atomic E-state index is 0.0799. The van der Waals surface area contributed by atoms with Crippen molar-refractivity contribution in [2.45, 2.75) is 54.4 Å². The van der Waals surface area contributed by atoms with E-state index in [-0.39, 0.29) is 23.7 Å². The van der Waals surface area contributed by atoms with Crippen molar-refractivity contribution in [3.63, 3.8) is 0 Å². The fourth-order valence-electron chi connectivity index (χ4n) is 5.50. The van der Waals surface area contributed by atoms with Crippen LogP contribution in [0.25, 0.3) is 11.2 Å². The summed E-state index contributed by atoms with van der Waals surface area (Å²) in [6, 6.07) is 5.88. The zero-order valence-electron chi connectivity index (χ0n) is 20.2. The Labute approximate surface area is 219 Å². The van der Waals surface area contributed by atoms with Gasteiger partial charge in [0.1, 0.15) is 22.2 Å². The third kappa shape index (κ3) is 4.39. The van der Waals surface area contributed by atoms with E-state index in [0.29, 0.717) is 23.0 Å². The van der Waals surface area contributed by atoms with Crippen LogP contribution in [0.3, 0.4) is 0 Å². The number of anilines is 2. The molecule has 0 amide bonds. The van der Waals surface area contributed by atoms with E-state index in [1.807, 2.05) is 29.3 Å². The summed E-state index contributed by atoms with van der Waals surface area (Å²) in [5.41, 5.74) is 7.91. The lowest BCUT2D eigenvalue weighted by Gasteiger charge is -2.41. The molecule has 0 aliphatic carbocycles. The predicted octanol–water partition coefficient (Wildman–Crippen LogP) is 3.13. The van der Waals surface area contributed by atoms with Gasteiger partial charge in [-0.3, -0.25) is 0 Å². The highest BCUT2D eigenvalue weighted by molar-refractivity contribution is 7.99. The molecule has 0 bridgehead atoms. The monoisotopic (exact) mass is 527 g/mol. The van der Waals surface area contributed by atoms with Crippen LogP contribution in [-0.2, 0) is 4.74 Å². The maximum absolute atomic E-state index is 9.87. The molecule has 0 aromatic carbocycles. The Hall–Kier alpha value is -2.24. The molecule has 3 aromatic rings. The molecule has 3 aliphatic rings. The molecule has 3 fully saturated rings. The van der Waals surface area contributed by atoms with Gasteiger partial charge >= 0.3 is 0 Å². The number of halogens is 1. The van der Waals surface area contributed by atoms with E-state index in [1.165, 1.54) is 11.8 Å². The summed E-state index contributed by atoms with van der Waals surface area (Å²) in [4.78, 5) is 23.8. The van der Waals surface area contributed by atoms with Gasteiger partial charge in [0.15, 0.2) is 5.65 Å². The van der Waals surface area contributed by atoms with Crippen molar-refractivity contribution in [1.82, 2.24) is 19.9 Å². The van der Waals surface area contributed by atoms with Crippen LogP contribution in [-0.4, -0.2) is 76.1 Å². The maximum Gasteiger partial charge on any atom is 0.179 e. The Morgan fingerprint density at radius 1 is 1.14 bits per heavy atom. The van der Waals surface area contributed by atoms with Crippen LogP contribution in [0, 0.1) is 5.41 Å². The first kappa shape index (κ1) is 24.1. The molecule has 190 valence electrons. The molecular formula is C25H30ClN7O2S. The quantitative estimate of drug-likeness (QED) is 0.524. The molecule has 36 heavy (non-hydrogen) atoms. The molecule has 1 spiro atoms. The van der Waals surface area contributed by atoms with Gasteiger partial charge in [0.25, 0.3) is 0 Å². The van der Waals surface area contributed by atoms with Crippen LogP contribution >= 0.6 is 23.4 Å². The Kier molecular flexibility index (Phi) is 6.41. The van der Waals surface area contributed by atoms with Crippen molar-refractivity contribution in [1.29, 1.82) is 0 Å². The zero-order valence-corrected chi connectivity index (χ0v) is 21.8. The number of aromatic nitrogens is 4. The van der Waals surface area contributed by atoms with Gasteiger partial charge < -0.3 is 25.4 Å². The van der Waals surface area contributed by atoms with Gasteiger partial charge in [0, 0.05) is 48.7 Å². The normalized spacial score (nSPS) is 25.8. The van der Waals surface area contributed by atoms with Gasteiger partial charge in [-0.1, -0.05) is 23.4 Å². The largest absolute Gasteiger partial charge is 0.391 e. The number of aliphatic hydroxyl groups excluding tert-OH is 1. The highest BCUT2D eigenvalue weighted by atomic mass is 35.5. The van der Waals surface area contributed by atoms with Crippen molar-refractivity contribution in [2.75, 3.05) is 42.6 Å². The second kappa shape index (κ2) is 9.57. The van der Waals surface area contributed by atoms with Crippen LogP contribution in [0.1, 0.15) is 26.2 Å². The first-order chi connectivity index (χ1) is 17.4. The summed E-state index contributed by atoms with van der Waals surface area (Å²) in [5.74, 6) is 1.57. The van der Waals surface area contributed by atoms with E-state index in [4.69, 9.17) is 32.0 Å². The van der Waals surface area contributed by atoms with Gasteiger partial charge in [-0.25, -0.2) is 19.9 Å². The standard InChI is InChI=1S/C25H30ClN7O2S/c1-15-22(27)25(14-35-15)6-10-32(11-7-25)19-12-29-23-17(30-19)2-3-20(31-23)36-18-4-8-28-24(21(18)26)33-9-5-16(34)13-33/h2-4,8,12,15-16,22,34H,5-7,9-11,13-14,27H2,1H3/t15-,16-,22+/m0/s1. The highest BCUT2D eigenvalue weighted by Crippen LogP contribution is 2.42. The van der Waals surface area contributed by atoms with Crippen molar-refractivity contribution < 1.29 is 9.84 Å². The summed E-state index contributed by atoms with van der Waals surface area (Å²) >= 11 is 8.16. The number of β-amino-alcohol motifs (C(OH)–C–C–N with tert-alkyl or cyclic N) is 1. The van der Waals surface area contributed by atoms with Gasteiger partial charge in [-0.2, -0.15) is 0 Å². The second-order valence-corrected chi connectivity index (χ2v) is 11.5. The predicted molar refractivity (Wildman–Crippen MR) is 141 cm³/mol. The van der Waals surface area contributed by atoms with Crippen LogP contribution < -0.4 is 15.5 Å². The summed E-state index contributed by atoms with van der Waals surface area (Å²) in [5, 5.41) is 11.2. The number of nitrogens with zero attached hydrogens (tertiary/aromatic N) is 6. The Morgan fingerprint density at radius 3 is 2.69 bits per heavy atom. The third-order valence-electron chi connectivity index (χ3n) is 7.81. The van der Waals surface area contributed by atoms with E-state index in [0.717, 1.165) is 66.8 Å². The lowest BCUT2D eigenvalue weighted by Crippen LogP contribution is -2.50. The van der Waals surface area contributed by atoms with Gasteiger partial charge in [0.2, 0.25) is 0 Å². The second-order valence-electron chi connectivity index (χ2n) is 10.0. The van der Waals surface area contributed by atoms with E-state index < -0.39 is 0 Å². The molecule has 0 radical (unpaired) electrons. The zero-order chi connectivity index (χ0) is 24.9. The molecule has 6 heterocycles. The van der Waals surface area contributed by atoms with E-state index in [1.54, 1.807) is 6.20 Å². The first-order valence-corrected chi connectivity index (χ1v) is 13.6. The van der Waals surface area contributed by atoms with Crippen molar-refractivity contribution >= 4 is 46.2 Å². The van der Waals surface area contributed by atoms with Crippen LogP contribution in [0.15, 0.2) is 40.5 Å². The number of ether oxygens (including phenoxy) is 1. The Balaban J connectivity index is 1.17. The average Bonchev–Trinajstić information content (AvgIpc) is 3.44. The summed E-state index contributed by atoms with van der Waals surface area (Å²) in [6.07, 6.45) is 6.06. The van der Waals surface area contributed by atoms with Gasteiger partial charge in [-0.15, -0.1) is 0 Å². The van der Waals surface area contributed by atoms with E-state index >= 15 is 0 Å². The number of piperidine rings is 1. The highest BCUT2D eigenvalue weighted by Gasteiger charge is 2.47. The molecule has 3 N–H and O–H groups in total. The smallest absolute Gasteiger partial charge is 0.179 e. The van der Waals surface area contributed by atoms with E-state index in [2.05, 4.69) is 21.8 Å². The molecule has 3 aliphatic heterocycles. The van der Waals surface area contributed by atoms with Crippen LogP contribution in [0.4, 0.5) is 11.6 Å². The number of rotatable bonds is 4. The van der Waals surface area contributed by atoms with E-state index in [9.17, 15) is 5.11 Å². The molecule has 11 heteroatoms. The Morgan fingerprint density at radius 2 is 1.97 bits per heavy atom. The van der Waals surface area contributed by atoms with Crippen LogP contribution in [0.5, 0.6) is 0 Å². The summed E-state index contributed by atoms with van der Waals surface area (Å²) in [6.45, 7) is 5.89. The number of fused-ring (bicyclic) bond motifs is 1. The minimum atomic E-state index is -0.339. The number of aliphatic hydroxyl groups is 1. The van der Waals surface area contributed by atoms with Gasteiger partial charge in [0.05, 0.1) is 30.0 Å². The SMILES string of the molecule is C[C@@H]1OCC2(CCN(c3cnc4nc(Sc5ccnc(N6CC[C@H](O)C6)c5Cl)ccc4n3)CC2)[C@@H]1N. The molecule has 3 saturated heterocycles. The molecule has 3 aromatic heterocycles. The summed E-state index contributed by atoms with van der Waals surface area (Å²) in [7, 11) is 0. The van der Waals surface area contributed by atoms with Crippen molar-refractivity contribution in [3.8, 4) is 0 Å². The molecule has 0 unspecified atom stereocenters. The lowest BCUT2D eigenvalue weighted by atomic mass is 9.73. The fraction of sp³-hybridized carbons (Fsp3) is 0.520. The topological polar surface area (TPSA) is 114 Å². The molecular weight excluding hydrogens is 498 g/mol. The average molecular weight is 528 g/mol.